The van der Waals surface area contributed by atoms with Crippen molar-refractivity contribution in [3.63, 3.8) is 0 Å². The van der Waals surface area contributed by atoms with Crippen LogP contribution >= 0.6 is 0 Å². The molecule has 1 unspecified atom stereocenters. The van der Waals surface area contributed by atoms with Gasteiger partial charge in [0.15, 0.2) is 0 Å². The van der Waals surface area contributed by atoms with E-state index >= 15 is 0 Å². The molecule has 1 rings (SSSR count). The van der Waals surface area contributed by atoms with Crippen molar-refractivity contribution in [3.8, 4) is 0 Å². The Kier molecular flexibility index (Phi) is 4.58. The van der Waals surface area contributed by atoms with E-state index in [9.17, 15) is 0 Å². The van der Waals surface area contributed by atoms with E-state index in [0.717, 1.165) is 32.2 Å². The summed E-state index contributed by atoms with van der Waals surface area (Å²) in [5.41, 5.74) is 0. The number of rotatable bonds is 3. The summed E-state index contributed by atoms with van der Waals surface area (Å²) in [5, 5.41) is 7.62. The first kappa shape index (κ1) is 9.96. The maximum atomic E-state index is 4.42. The summed E-state index contributed by atoms with van der Waals surface area (Å²) in [5.74, 6) is 0. The van der Waals surface area contributed by atoms with Crippen LogP contribution in [0.4, 0.5) is 0 Å². The van der Waals surface area contributed by atoms with Crippen molar-refractivity contribution in [2.24, 2.45) is 0 Å². The Morgan fingerprint density at radius 3 is 3.08 bits per heavy atom. The highest BCUT2D eigenvalue weighted by molar-refractivity contribution is 4.74. The molecule has 3 heteroatoms. The van der Waals surface area contributed by atoms with E-state index in [1.165, 1.54) is 12.8 Å². The van der Waals surface area contributed by atoms with Gasteiger partial charge in [-0.2, -0.15) is 0 Å². The number of nitrogens with zero attached hydrogens (tertiary/aromatic N) is 2. The third-order valence-electron chi connectivity index (χ3n) is 2.58. The summed E-state index contributed by atoms with van der Waals surface area (Å²) >= 11 is 0. The zero-order valence-corrected chi connectivity index (χ0v) is 8.21. The lowest BCUT2D eigenvalue weighted by molar-refractivity contribution is 0.241. The molecule has 1 saturated heterocycles. The molecule has 0 saturated carbocycles. The number of hydrogen-bond acceptors (Lipinski definition) is 2. The fraction of sp³-hybridized carbons (Fsp3) is 1.00. The van der Waals surface area contributed by atoms with Crippen molar-refractivity contribution in [2.75, 3.05) is 40.3 Å². The second kappa shape index (κ2) is 5.51. The van der Waals surface area contributed by atoms with Gasteiger partial charge in [-0.3, -0.25) is 0 Å². The van der Waals surface area contributed by atoms with Crippen LogP contribution in [-0.2, 0) is 0 Å². The summed E-state index contributed by atoms with van der Waals surface area (Å²) in [4.78, 5) is 2.44. The van der Waals surface area contributed by atoms with Crippen molar-refractivity contribution in [1.82, 2.24) is 15.5 Å². The molecule has 1 aliphatic rings. The predicted molar refractivity (Wildman–Crippen MR) is 51.4 cm³/mol. The van der Waals surface area contributed by atoms with Crippen molar-refractivity contribution in [1.29, 1.82) is 0 Å². The maximum absolute atomic E-state index is 4.42. The molecule has 0 aromatic heterocycles. The normalized spacial score (nSPS) is 27.0. The van der Waals surface area contributed by atoms with Crippen molar-refractivity contribution >= 4 is 0 Å². The molecule has 1 aliphatic heterocycles. The lowest BCUT2D eigenvalue weighted by atomic mass is 10.1. The summed E-state index contributed by atoms with van der Waals surface area (Å²) < 4.78 is 0. The van der Waals surface area contributed by atoms with E-state index in [1.54, 1.807) is 0 Å². The van der Waals surface area contributed by atoms with Gasteiger partial charge in [0.2, 0.25) is 0 Å². The van der Waals surface area contributed by atoms with Crippen molar-refractivity contribution in [3.05, 3.63) is 0 Å². The Morgan fingerprint density at radius 1 is 1.50 bits per heavy atom. The zero-order chi connectivity index (χ0) is 8.81. The molecule has 1 N–H and O–H groups in total. The van der Waals surface area contributed by atoms with Gasteiger partial charge in [0, 0.05) is 25.7 Å². The van der Waals surface area contributed by atoms with Gasteiger partial charge in [-0.15, -0.1) is 0 Å². The molecule has 0 aromatic carbocycles. The predicted octanol–water partition coefficient (Wildman–Crippen LogP) is -0.0956. The quantitative estimate of drug-likeness (QED) is 0.641. The van der Waals surface area contributed by atoms with Crippen LogP contribution in [0.3, 0.4) is 0 Å². The molecule has 0 spiro atoms. The van der Waals surface area contributed by atoms with Crippen LogP contribution in [0.1, 0.15) is 12.8 Å². The van der Waals surface area contributed by atoms with Gasteiger partial charge >= 0.3 is 0 Å². The largest absolute Gasteiger partial charge is 0.320 e. The highest BCUT2D eigenvalue weighted by atomic mass is 15.2. The minimum absolute atomic E-state index is 0.740. The van der Waals surface area contributed by atoms with Gasteiger partial charge < -0.3 is 10.2 Å². The Labute approximate surface area is 75.5 Å². The molecule has 0 bridgehead atoms. The Balaban J connectivity index is 2.26. The maximum Gasteiger partial charge on any atom is 0.0261 e. The van der Waals surface area contributed by atoms with Gasteiger partial charge in [0.1, 0.15) is 0 Å². The standard InChI is InChI=1S/C9H20N3/c1-10-5-3-9-4-6-11-7-8-12(9)2/h9-10H,3-8H2,1-2H3. The molecular formula is C9H20N3. The first-order valence-electron chi connectivity index (χ1n) is 4.82. The lowest BCUT2D eigenvalue weighted by Crippen LogP contribution is -2.34. The van der Waals surface area contributed by atoms with Crippen LogP contribution in [0.5, 0.6) is 0 Å². The molecule has 71 valence electrons. The summed E-state index contributed by atoms with van der Waals surface area (Å²) in [6.07, 6.45) is 2.49. The SMILES string of the molecule is CNCCC1CC[N]CCN1C. The van der Waals surface area contributed by atoms with Crippen LogP contribution in [0.25, 0.3) is 0 Å². The molecule has 0 aromatic rings. The van der Waals surface area contributed by atoms with E-state index < -0.39 is 0 Å². The molecule has 0 amide bonds. The van der Waals surface area contributed by atoms with E-state index in [0.29, 0.717) is 0 Å². The smallest absolute Gasteiger partial charge is 0.0261 e. The topological polar surface area (TPSA) is 29.4 Å². The average Bonchev–Trinajstić information content (AvgIpc) is 2.27. The second-order valence-electron chi connectivity index (χ2n) is 3.49. The molecule has 1 heterocycles. The molecule has 1 radical (unpaired) electrons. The summed E-state index contributed by atoms with van der Waals surface area (Å²) in [6, 6.07) is 0.740. The van der Waals surface area contributed by atoms with Crippen LogP contribution in [0.15, 0.2) is 0 Å². The Bertz CT molecular complexity index is 116. The number of nitrogens with one attached hydrogen (secondary N) is 1. The third-order valence-corrected chi connectivity index (χ3v) is 2.58. The van der Waals surface area contributed by atoms with Crippen LogP contribution < -0.4 is 10.6 Å². The number of hydrogen-bond donors (Lipinski definition) is 1. The highest BCUT2D eigenvalue weighted by Crippen LogP contribution is 2.07. The summed E-state index contributed by atoms with van der Waals surface area (Å²) in [6.45, 7) is 4.33. The lowest BCUT2D eigenvalue weighted by Gasteiger charge is -2.24. The number of likely N-dealkylation sites (N-methyl/N-ethyl adjacent to an activating group) is 1. The zero-order valence-electron chi connectivity index (χ0n) is 8.21. The van der Waals surface area contributed by atoms with E-state index in [-0.39, 0.29) is 0 Å². The minimum atomic E-state index is 0.740. The molecule has 1 fully saturated rings. The fourth-order valence-corrected chi connectivity index (χ4v) is 1.66. The van der Waals surface area contributed by atoms with E-state index in [1.807, 2.05) is 7.05 Å². The second-order valence-corrected chi connectivity index (χ2v) is 3.49. The first-order chi connectivity index (χ1) is 5.84. The van der Waals surface area contributed by atoms with Gasteiger partial charge in [-0.1, -0.05) is 0 Å². The minimum Gasteiger partial charge on any atom is -0.320 e. The molecule has 12 heavy (non-hydrogen) atoms. The molecule has 0 aliphatic carbocycles. The van der Waals surface area contributed by atoms with Gasteiger partial charge in [0.25, 0.3) is 0 Å². The van der Waals surface area contributed by atoms with E-state index in [2.05, 4.69) is 22.6 Å². The van der Waals surface area contributed by atoms with Gasteiger partial charge in [-0.25, -0.2) is 5.32 Å². The van der Waals surface area contributed by atoms with Crippen molar-refractivity contribution in [2.45, 2.75) is 18.9 Å². The third kappa shape index (κ3) is 3.09. The fourth-order valence-electron chi connectivity index (χ4n) is 1.66. The Morgan fingerprint density at radius 2 is 2.33 bits per heavy atom. The molecule has 1 atom stereocenters. The van der Waals surface area contributed by atoms with Crippen LogP contribution in [0.2, 0.25) is 0 Å². The van der Waals surface area contributed by atoms with Gasteiger partial charge in [-0.05, 0) is 33.5 Å². The highest BCUT2D eigenvalue weighted by Gasteiger charge is 2.16. The van der Waals surface area contributed by atoms with E-state index in [4.69, 9.17) is 0 Å². The molecular weight excluding hydrogens is 150 g/mol. The van der Waals surface area contributed by atoms with Gasteiger partial charge in [0.05, 0.1) is 0 Å². The monoisotopic (exact) mass is 170 g/mol. The van der Waals surface area contributed by atoms with Crippen molar-refractivity contribution < 1.29 is 0 Å². The first-order valence-corrected chi connectivity index (χ1v) is 4.82. The van der Waals surface area contributed by atoms with Crippen LogP contribution in [-0.4, -0.2) is 51.2 Å². The van der Waals surface area contributed by atoms with Crippen LogP contribution in [0, 0.1) is 0 Å². The molecule has 3 nitrogen and oxygen atoms in total. The Hall–Kier alpha value is -0.120. The summed E-state index contributed by atoms with van der Waals surface area (Å²) in [7, 11) is 4.22. The average molecular weight is 170 g/mol.